The molecular weight excluding hydrogens is 360 g/mol. The molecule has 6 heteroatoms. The van der Waals surface area contributed by atoms with E-state index in [-0.39, 0.29) is 0 Å². The quantitative estimate of drug-likeness (QED) is 0.574. The van der Waals surface area contributed by atoms with Crippen molar-refractivity contribution in [3.8, 4) is 22.8 Å². The summed E-state index contributed by atoms with van der Waals surface area (Å²) in [4.78, 5) is 5.75. The first-order chi connectivity index (χ1) is 13.2. The van der Waals surface area contributed by atoms with Gasteiger partial charge in [0.15, 0.2) is 4.80 Å². The third-order valence-corrected chi connectivity index (χ3v) is 4.94. The molecule has 3 rings (SSSR count). The molecule has 1 aromatic heterocycles. The summed E-state index contributed by atoms with van der Waals surface area (Å²) in [7, 11) is 3.38. The van der Waals surface area contributed by atoms with E-state index in [0.717, 1.165) is 39.8 Å². The third kappa shape index (κ3) is 4.78. The minimum absolute atomic E-state index is 0.621. The molecule has 0 aliphatic carbocycles. The normalized spacial score (nSPS) is 11.6. The fourth-order valence-corrected chi connectivity index (χ4v) is 3.66. The van der Waals surface area contributed by atoms with Crippen molar-refractivity contribution in [2.75, 3.05) is 27.4 Å². The molecule has 0 saturated heterocycles. The minimum atomic E-state index is 0.621. The Balaban J connectivity index is 1.97. The van der Waals surface area contributed by atoms with Gasteiger partial charge in [-0.15, -0.1) is 11.3 Å². The monoisotopic (exact) mass is 384 g/mol. The second kappa shape index (κ2) is 9.39. The van der Waals surface area contributed by atoms with Crippen LogP contribution in [-0.2, 0) is 11.3 Å². The van der Waals surface area contributed by atoms with Crippen LogP contribution in [0.5, 0.6) is 11.5 Å². The van der Waals surface area contributed by atoms with Gasteiger partial charge < -0.3 is 18.8 Å². The molecule has 0 saturated carbocycles. The second-order valence-electron chi connectivity index (χ2n) is 5.82. The van der Waals surface area contributed by atoms with E-state index in [0.29, 0.717) is 13.2 Å². The number of ether oxygens (including phenoxy) is 3. The lowest BCUT2D eigenvalue weighted by Crippen LogP contribution is -2.18. The van der Waals surface area contributed by atoms with Gasteiger partial charge in [0.05, 0.1) is 31.7 Å². The lowest BCUT2D eigenvalue weighted by Gasteiger charge is -2.09. The summed E-state index contributed by atoms with van der Waals surface area (Å²) in [6.45, 7) is 3.99. The van der Waals surface area contributed by atoms with Crippen molar-refractivity contribution in [3.05, 3.63) is 58.7 Å². The van der Waals surface area contributed by atoms with E-state index in [1.807, 2.05) is 43.3 Å². The average Bonchev–Trinajstić information content (AvgIpc) is 3.10. The molecule has 0 bridgehead atoms. The Labute approximate surface area is 163 Å². The highest BCUT2D eigenvalue weighted by molar-refractivity contribution is 7.07. The number of thiazole rings is 1. The molecule has 0 amide bonds. The van der Waals surface area contributed by atoms with E-state index in [2.05, 4.69) is 22.1 Å². The van der Waals surface area contributed by atoms with Gasteiger partial charge in [0.25, 0.3) is 0 Å². The molecule has 0 N–H and O–H groups in total. The largest absolute Gasteiger partial charge is 0.497 e. The predicted molar refractivity (Wildman–Crippen MR) is 109 cm³/mol. The van der Waals surface area contributed by atoms with Gasteiger partial charge in [0, 0.05) is 19.0 Å². The van der Waals surface area contributed by atoms with Crippen molar-refractivity contribution < 1.29 is 14.2 Å². The summed E-state index contributed by atoms with van der Waals surface area (Å²) in [5.74, 6) is 1.70. The van der Waals surface area contributed by atoms with Crippen LogP contribution >= 0.6 is 11.3 Å². The van der Waals surface area contributed by atoms with Gasteiger partial charge in [-0.2, -0.15) is 0 Å². The number of benzene rings is 2. The maximum atomic E-state index is 5.50. The second-order valence-corrected chi connectivity index (χ2v) is 6.65. The van der Waals surface area contributed by atoms with Crippen LogP contribution in [0, 0.1) is 0 Å². The first kappa shape index (κ1) is 19.2. The molecule has 0 aliphatic heterocycles. The van der Waals surface area contributed by atoms with Crippen LogP contribution in [-0.4, -0.2) is 32.0 Å². The smallest absolute Gasteiger partial charge is 0.190 e. The lowest BCUT2D eigenvalue weighted by molar-refractivity contribution is 0.187. The molecule has 0 radical (unpaired) electrons. The molecule has 0 aliphatic rings. The Kier molecular flexibility index (Phi) is 6.68. The van der Waals surface area contributed by atoms with Gasteiger partial charge in [0.1, 0.15) is 11.5 Å². The fraction of sp³-hybridized carbons (Fsp3) is 0.286. The van der Waals surface area contributed by atoms with Gasteiger partial charge in [-0.3, -0.25) is 0 Å². The van der Waals surface area contributed by atoms with Crippen molar-refractivity contribution in [1.82, 2.24) is 4.57 Å². The zero-order valence-corrected chi connectivity index (χ0v) is 16.7. The average molecular weight is 385 g/mol. The van der Waals surface area contributed by atoms with E-state index in [4.69, 9.17) is 19.2 Å². The van der Waals surface area contributed by atoms with Crippen molar-refractivity contribution in [2.24, 2.45) is 4.99 Å². The van der Waals surface area contributed by atoms with Crippen LogP contribution in [0.1, 0.15) is 6.92 Å². The summed E-state index contributed by atoms with van der Waals surface area (Å²) in [6, 6.07) is 15.9. The van der Waals surface area contributed by atoms with Crippen LogP contribution in [0.4, 0.5) is 5.69 Å². The fourth-order valence-electron chi connectivity index (χ4n) is 2.70. The van der Waals surface area contributed by atoms with E-state index in [9.17, 15) is 0 Å². The Morgan fingerprint density at radius 2 is 1.67 bits per heavy atom. The van der Waals surface area contributed by atoms with E-state index >= 15 is 0 Å². The molecule has 3 aromatic rings. The van der Waals surface area contributed by atoms with Gasteiger partial charge in [-0.1, -0.05) is 0 Å². The molecule has 1 heterocycles. The van der Waals surface area contributed by atoms with Crippen molar-refractivity contribution >= 4 is 17.0 Å². The molecule has 0 fully saturated rings. The first-order valence-electron chi connectivity index (χ1n) is 8.84. The van der Waals surface area contributed by atoms with Crippen molar-refractivity contribution in [3.63, 3.8) is 0 Å². The number of rotatable bonds is 8. The molecule has 0 unspecified atom stereocenters. The number of methoxy groups -OCH3 is 2. The summed E-state index contributed by atoms with van der Waals surface area (Å²) >= 11 is 1.62. The van der Waals surface area contributed by atoms with Gasteiger partial charge in [0.2, 0.25) is 0 Å². The van der Waals surface area contributed by atoms with Crippen LogP contribution in [0.3, 0.4) is 0 Å². The number of aromatic nitrogens is 1. The Bertz CT molecular complexity index is 912. The van der Waals surface area contributed by atoms with Crippen LogP contribution in [0.15, 0.2) is 58.9 Å². The van der Waals surface area contributed by atoms with E-state index < -0.39 is 0 Å². The van der Waals surface area contributed by atoms with E-state index in [1.165, 1.54) is 0 Å². The SMILES string of the molecule is CCOc1ccc(N=c2scc(-c3ccc(OC)cc3)n2CCOC)cc1. The van der Waals surface area contributed by atoms with E-state index in [1.54, 1.807) is 25.6 Å². The van der Waals surface area contributed by atoms with Gasteiger partial charge in [-0.05, 0) is 61.0 Å². The minimum Gasteiger partial charge on any atom is -0.497 e. The summed E-state index contributed by atoms with van der Waals surface area (Å²) < 4.78 is 18.2. The summed E-state index contributed by atoms with van der Waals surface area (Å²) in [6.07, 6.45) is 0. The highest BCUT2D eigenvalue weighted by Crippen LogP contribution is 2.24. The molecule has 2 aromatic carbocycles. The Morgan fingerprint density at radius 3 is 2.30 bits per heavy atom. The van der Waals surface area contributed by atoms with Crippen molar-refractivity contribution in [2.45, 2.75) is 13.5 Å². The molecule has 142 valence electrons. The van der Waals surface area contributed by atoms with Gasteiger partial charge in [-0.25, -0.2) is 4.99 Å². The third-order valence-electron chi connectivity index (χ3n) is 4.07. The Hall–Kier alpha value is -2.57. The lowest BCUT2D eigenvalue weighted by atomic mass is 10.1. The standard InChI is InChI=1S/C21H24N2O3S/c1-4-26-19-11-7-17(8-12-19)22-21-23(13-14-24-2)20(15-27-21)16-5-9-18(25-3)10-6-16/h5-12,15H,4,13-14H2,1-3H3. The molecule has 5 nitrogen and oxygen atoms in total. The maximum absolute atomic E-state index is 5.50. The number of nitrogens with zero attached hydrogens (tertiary/aromatic N) is 2. The Morgan fingerprint density at radius 1 is 0.963 bits per heavy atom. The number of hydrogen-bond donors (Lipinski definition) is 0. The summed E-state index contributed by atoms with van der Waals surface area (Å²) in [5, 5.41) is 2.13. The summed E-state index contributed by atoms with van der Waals surface area (Å²) in [5.41, 5.74) is 3.13. The van der Waals surface area contributed by atoms with Crippen LogP contribution < -0.4 is 14.3 Å². The zero-order valence-electron chi connectivity index (χ0n) is 15.8. The predicted octanol–water partition coefficient (Wildman–Crippen LogP) is 4.50. The van der Waals surface area contributed by atoms with Crippen LogP contribution in [0.25, 0.3) is 11.3 Å². The molecule has 27 heavy (non-hydrogen) atoms. The topological polar surface area (TPSA) is 45.0 Å². The van der Waals surface area contributed by atoms with Crippen LogP contribution in [0.2, 0.25) is 0 Å². The molecule has 0 spiro atoms. The maximum Gasteiger partial charge on any atom is 0.190 e. The first-order valence-corrected chi connectivity index (χ1v) is 9.72. The highest BCUT2D eigenvalue weighted by atomic mass is 32.1. The molecular formula is C21H24N2O3S. The van der Waals surface area contributed by atoms with Crippen molar-refractivity contribution in [1.29, 1.82) is 0 Å². The molecule has 0 atom stereocenters. The number of hydrogen-bond acceptors (Lipinski definition) is 5. The zero-order chi connectivity index (χ0) is 19.1. The van der Waals surface area contributed by atoms with Gasteiger partial charge >= 0.3 is 0 Å². The highest BCUT2D eigenvalue weighted by Gasteiger charge is 2.08.